The van der Waals surface area contributed by atoms with Crippen LogP contribution in [0.3, 0.4) is 0 Å². The SMILES string of the molecule is Cl.O=C(NCC1CCCN1)c1cnc2n(c1=O)CCS2. The fourth-order valence-corrected chi connectivity index (χ4v) is 3.33. The van der Waals surface area contributed by atoms with Crippen LogP contribution in [-0.2, 0) is 6.54 Å². The summed E-state index contributed by atoms with van der Waals surface area (Å²) in [4.78, 5) is 28.3. The highest BCUT2D eigenvalue weighted by molar-refractivity contribution is 7.99. The highest BCUT2D eigenvalue weighted by Gasteiger charge is 2.21. The molecule has 0 aromatic carbocycles. The van der Waals surface area contributed by atoms with E-state index >= 15 is 0 Å². The zero-order valence-electron chi connectivity index (χ0n) is 10.9. The lowest BCUT2D eigenvalue weighted by atomic mass is 10.2. The summed E-state index contributed by atoms with van der Waals surface area (Å²) in [5.74, 6) is 0.526. The van der Waals surface area contributed by atoms with E-state index < -0.39 is 0 Å². The molecule has 0 bridgehead atoms. The molecule has 0 radical (unpaired) electrons. The molecular weight excluding hydrogens is 300 g/mol. The van der Waals surface area contributed by atoms with E-state index in [0.29, 0.717) is 24.3 Å². The van der Waals surface area contributed by atoms with Crippen LogP contribution in [0.4, 0.5) is 0 Å². The molecule has 2 N–H and O–H groups in total. The standard InChI is InChI=1S/C12H16N4O2S.ClH/c17-10(14-6-8-2-1-3-13-8)9-7-15-12-16(11(9)18)4-5-19-12;/h7-8,13H,1-6H2,(H,14,17);1H. The second kappa shape index (κ2) is 6.60. The largest absolute Gasteiger partial charge is 0.350 e. The van der Waals surface area contributed by atoms with E-state index in [1.165, 1.54) is 6.20 Å². The third-order valence-corrected chi connectivity index (χ3v) is 4.44. The maximum Gasteiger partial charge on any atom is 0.267 e. The number of nitrogens with zero attached hydrogens (tertiary/aromatic N) is 2. The van der Waals surface area contributed by atoms with E-state index in [2.05, 4.69) is 15.6 Å². The van der Waals surface area contributed by atoms with Crippen LogP contribution < -0.4 is 16.2 Å². The fraction of sp³-hybridized carbons (Fsp3) is 0.583. The minimum Gasteiger partial charge on any atom is -0.350 e. The molecule has 1 saturated heterocycles. The van der Waals surface area contributed by atoms with Crippen molar-refractivity contribution >= 4 is 30.1 Å². The second-order valence-corrected chi connectivity index (χ2v) is 5.83. The number of hydrogen-bond donors (Lipinski definition) is 2. The summed E-state index contributed by atoms with van der Waals surface area (Å²) in [6.07, 6.45) is 3.60. The van der Waals surface area contributed by atoms with Crippen LogP contribution in [0.5, 0.6) is 0 Å². The number of fused-ring (bicyclic) bond motifs is 1. The van der Waals surface area contributed by atoms with Crippen LogP contribution in [0.25, 0.3) is 0 Å². The molecule has 110 valence electrons. The smallest absolute Gasteiger partial charge is 0.267 e. The zero-order valence-corrected chi connectivity index (χ0v) is 12.6. The van der Waals surface area contributed by atoms with E-state index in [-0.39, 0.29) is 29.4 Å². The number of carbonyl (C=O) groups excluding carboxylic acids is 1. The Morgan fingerprint density at radius 3 is 3.20 bits per heavy atom. The summed E-state index contributed by atoms with van der Waals surface area (Å²) in [7, 11) is 0. The molecule has 0 aliphatic carbocycles. The van der Waals surface area contributed by atoms with Crippen LogP contribution in [0.2, 0.25) is 0 Å². The number of carbonyl (C=O) groups is 1. The van der Waals surface area contributed by atoms with Gasteiger partial charge in [-0.25, -0.2) is 4.98 Å². The van der Waals surface area contributed by atoms with Crippen LogP contribution in [-0.4, -0.2) is 40.3 Å². The molecule has 3 heterocycles. The van der Waals surface area contributed by atoms with Gasteiger partial charge in [0.25, 0.3) is 11.5 Å². The van der Waals surface area contributed by atoms with Gasteiger partial charge >= 0.3 is 0 Å². The summed E-state index contributed by atoms with van der Waals surface area (Å²) in [5, 5.41) is 6.82. The third-order valence-electron chi connectivity index (χ3n) is 3.47. The first-order valence-corrected chi connectivity index (χ1v) is 7.48. The first kappa shape index (κ1) is 15.3. The van der Waals surface area contributed by atoms with Crippen molar-refractivity contribution in [2.75, 3.05) is 18.8 Å². The summed E-state index contributed by atoms with van der Waals surface area (Å²) in [5.41, 5.74) is -0.0869. The number of aromatic nitrogens is 2. The van der Waals surface area contributed by atoms with Crippen molar-refractivity contribution in [3.05, 3.63) is 22.1 Å². The topological polar surface area (TPSA) is 76.0 Å². The van der Waals surface area contributed by atoms with Gasteiger partial charge in [0.15, 0.2) is 5.16 Å². The molecule has 0 spiro atoms. The molecule has 1 atom stereocenters. The number of hydrogen-bond acceptors (Lipinski definition) is 5. The Labute approximate surface area is 127 Å². The van der Waals surface area contributed by atoms with E-state index in [1.54, 1.807) is 16.3 Å². The van der Waals surface area contributed by atoms with E-state index in [4.69, 9.17) is 0 Å². The first-order chi connectivity index (χ1) is 9.25. The van der Waals surface area contributed by atoms with Crippen LogP contribution in [0.1, 0.15) is 23.2 Å². The van der Waals surface area contributed by atoms with Gasteiger partial charge in [-0.05, 0) is 19.4 Å². The quantitative estimate of drug-likeness (QED) is 0.782. The molecule has 1 fully saturated rings. The Bertz CT molecular complexity index is 557. The summed E-state index contributed by atoms with van der Waals surface area (Å²) in [6.45, 7) is 2.20. The van der Waals surface area contributed by atoms with Gasteiger partial charge in [-0.15, -0.1) is 12.4 Å². The minimum absolute atomic E-state index is 0. The van der Waals surface area contributed by atoms with Crippen LogP contribution in [0.15, 0.2) is 16.1 Å². The van der Waals surface area contributed by atoms with Crippen molar-refractivity contribution in [1.29, 1.82) is 0 Å². The van der Waals surface area contributed by atoms with Crippen molar-refractivity contribution in [2.24, 2.45) is 0 Å². The van der Waals surface area contributed by atoms with Gasteiger partial charge in [0.1, 0.15) is 5.56 Å². The lowest BCUT2D eigenvalue weighted by Gasteiger charge is -2.11. The van der Waals surface area contributed by atoms with Gasteiger partial charge in [0, 0.05) is 31.1 Å². The van der Waals surface area contributed by atoms with Crippen LogP contribution in [0, 0.1) is 0 Å². The number of nitrogens with one attached hydrogen (secondary N) is 2. The maximum atomic E-state index is 12.1. The molecule has 2 aliphatic rings. The van der Waals surface area contributed by atoms with Crippen molar-refractivity contribution < 1.29 is 4.79 Å². The average Bonchev–Trinajstić information content (AvgIpc) is 3.07. The monoisotopic (exact) mass is 316 g/mol. The van der Waals surface area contributed by atoms with Gasteiger partial charge in [-0.3, -0.25) is 14.2 Å². The second-order valence-electron chi connectivity index (χ2n) is 4.76. The Morgan fingerprint density at radius 2 is 2.45 bits per heavy atom. The number of halogens is 1. The fourth-order valence-electron chi connectivity index (χ4n) is 2.42. The van der Waals surface area contributed by atoms with Crippen molar-refractivity contribution in [3.63, 3.8) is 0 Å². The van der Waals surface area contributed by atoms with E-state index in [0.717, 1.165) is 25.1 Å². The maximum absolute atomic E-state index is 12.1. The Kier molecular flexibility index (Phi) is 5.06. The lowest BCUT2D eigenvalue weighted by molar-refractivity contribution is 0.0947. The normalized spacial score (nSPS) is 20.3. The highest BCUT2D eigenvalue weighted by atomic mass is 35.5. The Hall–Kier alpha value is -1.05. The minimum atomic E-state index is -0.321. The molecule has 0 saturated carbocycles. The Morgan fingerprint density at radius 1 is 1.60 bits per heavy atom. The molecule has 1 aromatic heterocycles. The highest BCUT2D eigenvalue weighted by Crippen LogP contribution is 2.20. The van der Waals surface area contributed by atoms with E-state index in [1.807, 2.05) is 0 Å². The van der Waals surface area contributed by atoms with Crippen molar-refractivity contribution in [2.45, 2.75) is 30.6 Å². The summed E-state index contributed by atoms with van der Waals surface area (Å²) < 4.78 is 1.58. The third kappa shape index (κ3) is 2.99. The van der Waals surface area contributed by atoms with Gasteiger partial charge in [-0.2, -0.15) is 0 Å². The van der Waals surface area contributed by atoms with Gasteiger partial charge < -0.3 is 10.6 Å². The average molecular weight is 317 g/mol. The molecular formula is C12H17ClN4O2S. The molecule has 1 amide bonds. The first-order valence-electron chi connectivity index (χ1n) is 6.50. The predicted molar refractivity (Wildman–Crippen MR) is 79.8 cm³/mol. The molecule has 3 rings (SSSR count). The zero-order chi connectivity index (χ0) is 13.2. The molecule has 20 heavy (non-hydrogen) atoms. The molecule has 6 nitrogen and oxygen atoms in total. The van der Waals surface area contributed by atoms with Crippen molar-refractivity contribution in [3.8, 4) is 0 Å². The van der Waals surface area contributed by atoms with Crippen molar-refractivity contribution in [1.82, 2.24) is 20.2 Å². The van der Waals surface area contributed by atoms with Crippen LogP contribution >= 0.6 is 24.2 Å². The summed E-state index contributed by atoms with van der Waals surface area (Å²) in [6, 6.07) is 0.324. The van der Waals surface area contributed by atoms with Gasteiger partial charge in [0.2, 0.25) is 0 Å². The molecule has 2 aliphatic heterocycles. The molecule has 1 unspecified atom stereocenters. The Balaban J connectivity index is 0.00000147. The number of rotatable bonds is 3. The number of amides is 1. The molecule has 1 aromatic rings. The summed E-state index contributed by atoms with van der Waals surface area (Å²) >= 11 is 1.55. The van der Waals surface area contributed by atoms with Gasteiger partial charge in [0.05, 0.1) is 0 Å². The molecule has 8 heteroatoms. The van der Waals surface area contributed by atoms with E-state index in [9.17, 15) is 9.59 Å². The van der Waals surface area contributed by atoms with Gasteiger partial charge in [-0.1, -0.05) is 11.8 Å². The number of thioether (sulfide) groups is 1. The predicted octanol–water partition coefficient (Wildman–Crippen LogP) is 0.253. The lowest BCUT2D eigenvalue weighted by Crippen LogP contribution is -2.40.